The first-order valence-corrected chi connectivity index (χ1v) is 6.47. The number of benzene rings is 1. The molecule has 0 aliphatic heterocycles. The first-order valence-electron chi connectivity index (χ1n) is 6.09. The van der Waals surface area contributed by atoms with E-state index < -0.39 is 0 Å². The highest BCUT2D eigenvalue weighted by Gasteiger charge is 2.12. The van der Waals surface area contributed by atoms with E-state index in [4.69, 9.17) is 17.3 Å². The molecule has 2 amide bonds. The number of carbonyl (C=O) groups excluding carboxylic acids is 2. The Hall–Kier alpha value is -2.54. The predicted molar refractivity (Wildman–Crippen MR) is 80.1 cm³/mol. The van der Waals surface area contributed by atoms with Crippen LogP contribution in [-0.4, -0.2) is 28.6 Å². The molecule has 2 aromatic rings. The summed E-state index contributed by atoms with van der Waals surface area (Å²) in [5.41, 5.74) is 6.84. The molecule has 0 spiro atoms. The maximum Gasteiger partial charge on any atom is 0.257 e. The summed E-state index contributed by atoms with van der Waals surface area (Å²) in [7, 11) is 1.54. The van der Waals surface area contributed by atoms with Crippen LogP contribution in [0.1, 0.15) is 10.4 Å². The summed E-state index contributed by atoms with van der Waals surface area (Å²) in [6, 6.07) is 4.64. The smallest absolute Gasteiger partial charge is 0.257 e. The van der Waals surface area contributed by atoms with Crippen LogP contribution in [0.2, 0.25) is 5.02 Å². The van der Waals surface area contributed by atoms with Gasteiger partial charge in [-0.1, -0.05) is 11.6 Å². The van der Waals surface area contributed by atoms with Crippen LogP contribution in [0.15, 0.2) is 30.6 Å². The van der Waals surface area contributed by atoms with E-state index in [-0.39, 0.29) is 23.4 Å². The van der Waals surface area contributed by atoms with E-state index in [0.29, 0.717) is 16.9 Å². The van der Waals surface area contributed by atoms with E-state index in [1.54, 1.807) is 18.3 Å². The topological polar surface area (TPSA) is 102 Å². The second-order valence-electron chi connectivity index (χ2n) is 4.29. The van der Waals surface area contributed by atoms with Crippen LogP contribution in [0, 0.1) is 0 Å². The number of carbonyl (C=O) groups is 2. The molecular formula is C13H14ClN5O2. The van der Waals surface area contributed by atoms with Crippen molar-refractivity contribution in [3.8, 4) is 0 Å². The molecule has 8 heteroatoms. The van der Waals surface area contributed by atoms with Gasteiger partial charge in [-0.3, -0.25) is 14.3 Å². The van der Waals surface area contributed by atoms with Gasteiger partial charge in [0.05, 0.1) is 22.5 Å². The summed E-state index contributed by atoms with van der Waals surface area (Å²) >= 11 is 5.97. The van der Waals surface area contributed by atoms with Gasteiger partial charge in [-0.25, -0.2) is 0 Å². The molecule has 0 radical (unpaired) electrons. The van der Waals surface area contributed by atoms with Gasteiger partial charge in [0, 0.05) is 18.9 Å². The average molecular weight is 308 g/mol. The molecule has 1 aromatic carbocycles. The molecule has 7 nitrogen and oxygen atoms in total. The molecule has 0 atom stereocenters. The van der Waals surface area contributed by atoms with Gasteiger partial charge in [0.25, 0.3) is 5.91 Å². The number of rotatable bonds is 4. The third kappa shape index (κ3) is 3.73. The van der Waals surface area contributed by atoms with Crippen LogP contribution < -0.4 is 16.4 Å². The zero-order chi connectivity index (χ0) is 15.4. The minimum absolute atomic E-state index is 0.0784. The van der Waals surface area contributed by atoms with E-state index in [2.05, 4.69) is 15.7 Å². The molecule has 1 heterocycles. The number of hydrogen-bond acceptors (Lipinski definition) is 4. The van der Waals surface area contributed by atoms with Crippen LogP contribution in [0.3, 0.4) is 0 Å². The number of hydrogen-bond donors (Lipinski definition) is 3. The molecule has 2 rings (SSSR count). The number of aromatic nitrogens is 2. The van der Waals surface area contributed by atoms with Crippen LogP contribution in [0.25, 0.3) is 0 Å². The minimum Gasteiger partial charge on any atom is -0.399 e. The molecule has 0 bridgehead atoms. The molecule has 0 aliphatic rings. The van der Waals surface area contributed by atoms with Gasteiger partial charge in [0.2, 0.25) is 5.91 Å². The Bertz CT molecular complexity index is 683. The molecule has 21 heavy (non-hydrogen) atoms. The Morgan fingerprint density at radius 3 is 2.86 bits per heavy atom. The zero-order valence-corrected chi connectivity index (χ0v) is 12.0. The molecule has 0 unspecified atom stereocenters. The van der Waals surface area contributed by atoms with Crippen molar-refractivity contribution >= 4 is 34.8 Å². The number of anilines is 2. The first-order chi connectivity index (χ1) is 9.99. The second kappa shape index (κ2) is 6.27. The fourth-order valence-corrected chi connectivity index (χ4v) is 1.93. The van der Waals surface area contributed by atoms with Crippen molar-refractivity contribution in [3.05, 3.63) is 41.2 Å². The van der Waals surface area contributed by atoms with Crippen molar-refractivity contribution in [1.82, 2.24) is 15.1 Å². The summed E-state index contributed by atoms with van der Waals surface area (Å²) in [5, 5.41) is 9.38. The highest BCUT2D eigenvalue weighted by molar-refractivity contribution is 6.34. The summed E-state index contributed by atoms with van der Waals surface area (Å²) in [6.07, 6.45) is 3.00. The number of nitrogen functional groups attached to an aromatic ring is 1. The fraction of sp³-hybridized carbons (Fsp3) is 0.154. The minimum atomic E-state index is -0.375. The number of nitrogens with zero attached hydrogens (tertiary/aromatic N) is 2. The highest BCUT2D eigenvalue weighted by atomic mass is 35.5. The molecule has 0 saturated heterocycles. The van der Waals surface area contributed by atoms with Gasteiger partial charge < -0.3 is 16.4 Å². The van der Waals surface area contributed by atoms with Crippen molar-refractivity contribution in [2.75, 3.05) is 18.1 Å². The SMILES string of the molecule is CNC(=O)Cn1cc(NC(=O)c2ccc(N)cc2Cl)cn1. The van der Waals surface area contributed by atoms with E-state index in [1.165, 1.54) is 24.0 Å². The third-order valence-corrected chi connectivity index (χ3v) is 3.03. The molecule has 110 valence electrons. The van der Waals surface area contributed by atoms with Gasteiger partial charge in [-0.2, -0.15) is 5.10 Å². The first kappa shape index (κ1) is 14.9. The summed E-state index contributed by atoms with van der Waals surface area (Å²) < 4.78 is 1.42. The summed E-state index contributed by atoms with van der Waals surface area (Å²) in [5.74, 6) is -0.558. The Balaban J connectivity index is 2.07. The normalized spacial score (nSPS) is 10.2. The van der Waals surface area contributed by atoms with Gasteiger partial charge in [-0.05, 0) is 18.2 Å². The monoisotopic (exact) mass is 307 g/mol. The molecule has 0 fully saturated rings. The average Bonchev–Trinajstić information content (AvgIpc) is 2.85. The van der Waals surface area contributed by atoms with E-state index in [9.17, 15) is 9.59 Å². The molecule has 4 N–H and O–H groups in total. The van der Waals surface area contributed by atoms with Crippen molar-refractivity contribution in [2.45, 2.75) is 6.54 Å². The zero-order valence-electron chi connectivity index (χ0n) is 11.3. The largest absolute Gasteiger partial charge is 0.399 e. The van der Waals surface area contributed by atoms with Gasteiger partial charge in [0.15, 0.2) is 0 Å². The quantitative estimate of drug-likeness (QED) is 0.736. The molecular weight excluding hydrogens is 294 g/mol. The summed E-state index contributed by atoms with van der Waals surface area (Å²) in [4.78, 5) is 23.3. The number of likely N-dealkylation sites (N-methyl/N-ethyl adjacent to an activating group) is 1. The fourth-order valence-electron chi connectivity index (χ4n) is 1.65. The van der Waals surface area contributed by atoms with E-state index in [0.717, 1.165) is 0 Å². The van der Waals surface area contributed by atoms with Crippen molar-refractivity contribution in [1.29, 1.82) is 0 Å². The lowest BCUT2D eigenvalue weighted by molar-refractivity contribution is -0.121. The van der Waals surface area contributed by atoms with E-state index in [1.807, 2.05) is 0 Å². The molecule has 0 aliphatic carbocycles. The number of nitrogens with two attached hydrogens (primary N) is 1. The van der Waals surface area contributed by atoms with Crippen LogP contribution in [0.5, 0.6) is 0 Å². The second-order valence-corrected chi connectivity index (χ2v) is 4.70. The van der Waals surface area contributed by atoms with Gasteiger partial charge >= 0.3 is 0 Å². The highest BCUT2D eigenvalue weighted by Crippen LogP contribution is 2.20. The lowest BCUT2D eigenvalue weighted by atomic mass is 10.2. The maximum atomic E-state index is 12.1. The number of nitrogens with one attached hydrogen (secondary N) is 2. The van der Waals surface area contributed by atoms with Gasteiger partial charge in [-0.15, -0.1) is 0 Å². The Morgan fingerprint density at radius 1 is 1.43 bits per heavy atom. The Labute approximate surface area is 126 Å². The van der Waals surface area contributed by atoms with Crippen LogP contribution in [-0.2, 0) is 11.3 Å². The third-order valence-electron chi connectivity index (χ3n) is 2.71. The maximum absolute atomic E-state index is 12.1. The number of amides is 2. The molecule has 0 saturated carbocycles. The lowest BCUT2D eigenvalue weighted by Gasteiger charge is -2.05. The van der Waals surface area contributed by atoms with Gasteiger partial charge in [0.1, 0.15) is 6.54 Å². The predicted octanol–water partition coefficient (Wildman–Crippen LogP) is 1.12. The molecule has 1 aromatic heterocycles. The Morgan fingerprint density at radius 2 is 2.19 bits per heavy atom. The van der Waals surface area contributed by atoms with Crippen molar-refractivity contribution in [2.24, 2.45) is 0 Å². The number of halogens is 1. The van der Waals surface area contributed by atoms with Crippen molar-refractivity contribution < 1.29 is 9.59 Å². The van der Waals surface area contributed by atoms with E-state index >= 15 is 0 Å². The van der Waals surface area contributed by atoms with Crippen molar-refractivity contribution in [3.63, 3.8) is 0 Å². The van der Waals surface area contributed by atoms with Crippen LogP contribution >= 0.6 is 11.6 Å². The van der Waals surface area contributed by atoms with Crippen LogP contribution in [0.4, 0.5) is 11.4 Å². The summed E-state index contributed by atoms with van der Waals surface area (Å²) in [6.45, 7) is 0.0784. The standard InChI is InChI=1S/C13H14ClN5O2/c1-16-12(20)7-19-6-9(5-17-19)18-13(21)10-3-2-8(15)4-11(10)14/h2-6H,7,15H2,1H3,(H,16,20)(H,18,21). The lowest BCUT2D eigenvalue weighted by Crippen LogP contribution is -2.23. The Kier molecular flexibility index (Phi) is 4.44.